The quantitative estimate of drug-likeness (QED) is 0.377. The van der Waals surface area contributed by atoms with Crippen LogP contribution in [0.4, 0.5) is 13.2 Å². The van der Waals surface area contributed by atoms with Crippen molar-refractivity contribution < 1.29 is 22.7 Å². The molecule has 0 saturated carbocycles. The highest BCUT2D eigenvalue weighted by atomic mass is 19.4. The van der Waals surface area contributed by atoms with E-state index in [1.807, 2.05) is 60.0 Å². The van der Waals surface area contributed by atoms with Crippen molar-refractivity contribution in [3.8, 4) is 5.75 Å². The molecule has 0 radical (unpaired) electrons. The summed E-state index contributed by atoms with van der Waals surface area (Å²) in [5.74, 6) is 0.986. The van der Waals surface area contributed by atoms with Crippen LogP contribution in [0.15, 0.2) is 72.8 Å². The van der Waals surface area contributed by atoms with Crippen molar-refractivity contribution in [2.45, 2.75) is 26.1 Å². The molecule has 1 heterocycles. The van der Waals surface area contributed by atoms with Gasteiger partial charge in [0.05, 0.1) is 23.1 Å². The molecule has 0 atom stereocenters. The molecule has 0 aliphatic heterocycles. The van der Waals surface area contributed by atoms with Crippen molar-refractivity contribution in [2.75, 3.05) is 13.2 Å². The van der Waals surface area contributed by atoms with Crippen LogP contribution in [-0.2, 0) is 19.1 Å². The van der Waals surface area contributed by atoms with Crippen LogP contribution in [0.5, 0.6) is 5.75 Å². The minimum Gasteiger partial charge on any atom is -0.492 e. The molecular weight excluding hydrogens is 443 g/mol. The fraction of sp³-hybridized carbons (Fsp3) is 0.231. The van der Waals surface area contributed by atoms with Gasteiger partial charge in [-0.05, 0) is 49.4 Å². The van der Waals surface area contributed by atoms with E-state index in [4.69, 9.17) is 4.74 Å². The van der Waals surface area contributed by atoms with E-state index in [0.29, 0.717) is 19.6 Å². The highest BCUT2D eigenvalue weighted by Gasteiger charge is 2.30. The maximum absolute atomic E-state index is 12.9. The number of amides is 1. The number of carbonyl (C=O) groups excluding carboxylic acids is 1. The zero-order chi connectivity index (χ0) is 24.1. The lowest BCUT2D eigenvalue weighted by atomic mass is 10.1. The monoisotopic (exact) mass is 467 g/mol. The van der Waals surface area contributed by atoms with Gasteiger partial charge in [-0.25, -0.2) is 4.98 Å². The summed E-state index contributed by atoms with van der Waals surface area (Å²) in [6.45, 7) is 3.25. The van der Waals surface area contributed by atoms with Crippen LogP contribution in [0.2, 0.25) is 0 Å². The summed E-state index contributed by atoms with van der Waals surface area (Å²) in [7, 11) is 0. The lowest BCUT2D eigenvalue weighted by Gasteiger charge is -2.12. The number of hydrogen-bond donors (Lipinski definition) is 1. The zero-order valence-electron chi connectivity index (χ0n) is 18.6. The Kier molecular flexibility index (Phi) is 6.86. The first-order valence-corrected chi connectivity index (χ1v) is 10.9. The van der Waals surface area contributed by atoms with Crippen molar-refractivity contribution in [3.05, 3.63) is 95.3 Å². The van der Waals surface area contributed by atoms with Crippen LogP contribution < -0.4 is 10.1 Å². The van der Waals surface area contributed by atoms with Gasteiger partial charge >= 0.3 is 6.18 Å². The summed E-state index contributed by atoms with van der Waals surface area (Å²) in [5.41, 5.74) is 2.05. The molecule has 0 spiro atoms. The van der Waals surface area contributed by atoms with Crippen molar-refractivity contribution >= 4 is 16.9 Å². The Morgan fingerprint density at radius 3 is 2.56 bits per heavy atom. The molecule has 0 fully saturated rings. The number of alkyl halides is 3. The second-order valence-corrected chi connectivity index (χ2v) is 7.91. The minimum atomic E-state index is -4.50. The molecule has 34 heavy (non-hydrogen) atoms. The fourth-order valence-corrected chi connectivity index (χ4v) is 3.68. The number of halogens is 3. The standard InChI is InChI=1S/C26H24F3N3O2/c1-18-9-11-21(12-10-18)34-16-15-32-23-8-3-2-7-22(23)31-24(32)13-14-30-25(33)19-5-4-6-20(17-19)26(27,28)29/h2-12,17H,13-16H2,1H3,(H,30,33). The van der Waals surface area contributed by atoms with E-state index in [-0.39, 0.29) is 12.1 Å². The molecule has 0 bridgehead atoms. The molecule has 3 aromatic carbocycles. The number of nitrogens with one attached hydrogen (secondary N) is 1. The highest BCUT2D eigenvalue weighted by molar-refractivity contribution is 5.94. The average molecular weight is 467 g/mol. The SMILES string of the molecule is Cc1ccc(OCCn2c(CCNC(=O)c3cccc(C(F)(F)F)c3)nc3ccccc32)cc1. The largest absolute Gasteiger partial charge is 0.492 e. The third-order valence-electron chi connectivity index (χ3n) is 5.42. The third kappa shape index (κ3) is 5.57. The Labute approximate surface area is 195 Å². The molecular formula is C26H24F3N3O2. The van der Waals surface area contributed by atoms with E-state index in [9.17, 15) is 18.0 Å². The number of aromatic nitrogens is 2. The van der Waals surface area contributed by atoms with E-state index in [1.165, 1.54) is 12.1 Å². The number of rotatable bonds is 8. The van der Waals surface area contributed by atoms with E-state index in [1.54, 1.807) is 0 Å². The Balaban J connectivity index is 1.41. The number of carbonyl (C=O) groups is 1. The van der Waals surface area contributed by atoms with Gasteiger partial charge in [-0.1, -0.05) is 35.9 Å². The summed E-state index contributed by atoms with van der Waals surface area (Å²) >= 11 is 0. The van der Waals surface area contributed by atoms with Gasteiger partial charge in [-0.15, -0.1) is 0 Å². The molecule has 0 saturated heterocycles. The first kappa shape index (κ1) is 23.4. The summed E-state index contributed by atoms with van der Waals surface area (Å²) in [5, 5.41) is 2.69. The van der Waals surface area contributed by atoms with Crippen LogP contribution in [0.1, 0.15) is 27.3 Å². The molecule has 0 unspecified atom stereocenters. The molecule has 176 valence electrons. The number of hydrogen-bond acceptors (Lipinski definition) is 3. The minimum absolute atomic E-state index is 0.0326. The fourth-order valence-electron chi connectivity index (χ4n) is 3.68. The number of nitrogens with zero attached hydrogens (tertiary/aromatic N) is 2. The van der Waals surface area contributed by atoms with E-state index in [2.05, 4.69) is 10.3 Å². The Bertz CT molecular complexity index is 1280. The lowest BCUT2D eigenvalue weighted by Crippen LogP contribution is -2.27. The molecule has 4 rings (SSSR count). The lowest BCUT2D eigenvalue weighted by molar-refractivity contribution is -0.137. The van der Waals surface area contributed by atoms with Crippen molar-refractivity contribution in [1.29, 1.82) is 0 Å². The van der Waals surface area contributed by atoms with Gasteiger partial charge in [0.25, 0.3) is 5.91 Å². The van der Waals surface area contributed by atoms with Gasteiger partial charge in [0.2, 0.25) is 0 Å². The molecule has 1 N–H and O–H groups in total. The maximum Gasteiger partial charge on any atom is 0.416 e. The highest BCUT2D eigenvalue weighted by Crippen LogP contribution is 2.29. The number of ether oxygens (including phenoxy) is 1. The summed E-state index contributed by atoms with van der Waals surface area (Å²) in [4.78, 5) is 17.1. The molecule has 4 aromatic rings. The Morgan fingerprint density at radius 2 is 1.79 bits per heavy atom. The van der Waals surface area contributed by atoms with Crippen molar-refractivity contribution in [1.82, 2.24) is 14.9 Å². The van der Waals surface area contributed by atoms with Gasteiger partial charge in [-0.2, -0.15) is 13.2 Å². The average Bonchev–Trinajstić information content (AvgIpc) is 3.17. The van der Waals surface area contributed by atoms with Crippen molar-refractivity contribution in [3.63, 3.8) is 0 Å². The number of benzene rings is 3. The molecule has 5 nitrogen and oxygen atoms in total. The number of imidazole rings is 1. The van der Waals surface area contributed by atoms with Gasteiger partial charge in [-0.3, -0.25) is 4.79 Å². The van der Waals surface area contributed by atoms with E-state index in [0.717, 1.165) is 40.3 Å². The van der Waals surface area contributed by atoms with Crippen LogP contribution in [-0.4, -0.2) is 28.6 Å². The van der Waals surface area contributed by atoms with Gasteiger partial charge in [0.15, 0.2) is 0 Å². The molecule has 8 heteroatoms. The third-order valence-corrected chi connectivity index (χ3v) is 5.42. The topological polar surface area (TPSA) is 56.1 Å². The molecule has 0 aliphatic carbocycles. The molecule has 1 amide bonds. The second kappa shape index (κ2) is 9.99. The van der Waals surface area contributed by atoms with E-state index < -0.39 is 17.6 Å². The maximum atomic E-state index is 12.9. The second-order valence-electron chi connectivity index (χ2n) is 7.91. The summed E-state index contributed by atoms with van der Waals surface area (Å²) in [6, 6.07) is 19.9. The number of para-hydroxylation sites is 2. The molecule has 0 aliphatic rings. The van der Waals surface area contributed by atoms with Gasteiger partial charge in [0.1, 0.15) is 18.2 Å². The van der Waals surface area contributed by atoms with Crippen molar-refractivity contribution in [2.24, 2.45) is 0 Å². The summed E-state index contributed by atoms with van der Waals surface area (Å²) < 4.78 is 46.7. The predicted octanol–water partition coefficient (Wildman–Crippen LogP) is 5.42. The first-order valence-electron chi connectivity index (χ1n) is 10.9. The van der Waals surface area contributed by atoms with Crippen LogP contribution in [0.3, 0.4) is 0 Å². The first-order chi connectivity index (χ1) is 16.3. The van der Waals surface area contributed by atoms with Crippen LogP contribution in [0.25, 0.3) is 11.0 Å². The normalized spacial score (nSPS) is 11.5. The Hall–Kier alpha value is -3.81. The van der Waals surface area contributed by atoms with Gasteiger partial charge in [0, 0.05) is 18.5 Å². The van der Waals surface area contributed by atoms with Crippen LogP contribution >= 0.6 is 0 Å². The van der Waals surface area contributed by atoms with E-state index >= 15 is 0 Å². The van der Waals surface area contributed by atoms with Gasteiger partial charge < -0.3 is 14.6 Å². The number of aryl methyl sites for hydroxylation is 1. The van der Waals surface area contributed by atoms with Crippen LogP contribution in [0, 0.1) is 6.92 Å². The zero-order valence-corrected chi connectivity index (χ0v) is 18.6. The number of fused-ring (bicyclic) bond motifs is 1. The smallest absolute Gasteiger partial charge is 0.416 e. The molecule has 1 aromatic heterocycles. The predicted molar refractivity (Wildman–Crippen MR) is 124 cm³/mol. The Morgan fingerprint density at radius 1 is 1.03 bits per heavy atom. The summed E-state index contributed by atoms with van der Waals surface area (Å²) in [6.07, 6.45) is -4.08.